The number of carbonyl (C=O) groups is 1. The molecule has 1 rings (SSSR count). The smallest absolute Gasteiger partial charge is 0.136 e. The summed E-state index contributed by atoms with van der Waals surface area (Å²) in [5.74, 6) is 0.709. The van der Waals surface area contributed by atoms with E-state index in [4.69, 9.17) is 0 Å². The third kappa shape index (κ3) is 2.69. The quantitative estimate of drug-likeness (QED) is 0.646. The summed E-state index contributed by atoms with van der Waals surface area (Å²) >= 11 is 0. The molecule has 0 fully saturated rings. The van der Waals surface area contributed by atoms with Gasteiger partial charge < -0.3 is 0 Å². The molecule has 0 aromatic heterocycles. The highest BCUT2D eigenvalue weighted by Crippen LogP contribution is 2.18. The summed E-state index contributed by atoms with van der Waals surface area (Å²) in [5.41, 5.74) is 0. The van der Waals surface area contributed by atoms with Crippen LogP contribution in [-0.4, -0.2) is 5.78 Å². The number of ketones is 1. The number of rotatable bonds is 3. The minimum absolute atomic E-state index is 0.109. The molecule has 1 nitrogen and oxygen atoms in total. The molecule has 0 radical (unpaired) electrons. The topological polar surface area (TPSA) is 17.1 Å². The maximum atomic E-state index is 11.4. The molecule has 0 N–H and O–H groups in total. The van der Waals surface area contributed by atoms with Crippen LogP contribution in [0.1, 0.15) is 20.3 Å². The van der Waals surface area contributed by atoms with Crippen molar-refractivity contribution in [3.63, 3.8) is 0 Å². The number of carbonyl (C=O) groups excluding carboxylic acids is 1. The number of allylic oxidation sites excluding steroid dienone is 6. The van der Waals surface area contributed by atoms with Gasteiger partial charge in [0.25, 0.3) is 0 Å². The molecular formula is C12H16O. The van der Waals surface area contributed by atoms with Crippen LogP contribution in [0, 0.1) is 11.8 Å². The second-order valence-corrected chi connectivity index (χ2v) is 3.34. The van der Waals surface area contributed by atoms with Crippen molar-refractivity contribution in [2.24, 2.45) is 11.8 Å². The zero-order chi connectivity index (χ0) is 9.68. The molecule has 0 saturated carbocycles. The van der Waals surface area contributed by atoms with Crippen molar-refractivity contribution in [1.82, 2.24) is 0 Å². The number of Topliss-reactive ketones (excluding diaryl/α,β-unsaturated/α-hetero) is 1. The second-order valence-electron chi connectivity index (χ2n) is 3.34. The Balaban J connectivity index is 2.66. The van der Waals surface area contributed by atoms with Gasteiger partial charge in [-0.3, -0.25) is 4.79 Å². The van der Waals surface area contributed by atoms with Crippen LogP contribution < -0.4 is 0 Å². The third-order valence-electron chi connectivity index (χ3n) is 2.43. The van der Waals surface area contributed by atoms with Gasteiger partial charge in [0.2, 0.25) is 0 Å². The maximum Gasteiger partial charge on any atom is 0.136 e. The average Bonchev–Trinajstić information content (AvgIpc) is 2.43. The van der Waals surface area contributed by atoms with Gasteiger partial charge in [-0.1, -0.05) is 50.3 Å². The summed E-state index contributed by atoms with van der Waals surface area (Å²) in [6.07, 6.45) is 12.8. The van der Waals surface area contributed by atoms with Crippen LogP contribution in [0.4, 0.5) is 0 Å². The Morgan fingerprint density at radius 3 is 2.23 bits per heavy atom. The highest BCUT2D eigenvalue weighted by molar-refractivity contribution is 5.81. The Morgan fingerprint density at radius 2 is 1.77 bits per heavy atom. The predicted molar refractivity (Wildman–Crippen MR) is 55.4 cm³/mol. The normalized spacial score (nSPS) is 18.6. The summed E-state index contributed by atoms with van der Waals surface area (Å²) in [6, 6.07) is 0. The van der Waals surface area contributed by atoms with E-state index in [-0.39, 0.29) is 11.8 Å². The van der Waals surface area contributed by atoms with Crippen LogP contribution in [0.25, 0.3) is 0 Å². The van der Waals surface area contributed by atoms with Gasteiger partial charge in [0, 0.05) is 18.3 Å². The molecule has 0 amide bonds. The molecule has 0 aromatic rings. The van der Waals surface area contributed by atoms with Crippen molar-refractivity contribution in [3.05, 3.63) is 36.5 Å². The van der Waals surface area contributed by atoms with Crippen molar-refractivity contribution in [1.29, 1.82) is 0 Å². The summed E-state index contributed by atoms with van der Waals surface area (Å²) in [5, 5.41) is 0. The minimum atomic E-state index is 0.109. The van der Waals surface area contributed by atoms with Gasteiger partial charge in [0.15, 0.2) is 0 Å². The van der Waals surface area contributed by atoms with E-state index in [1.807, 2.05) is 38.2 Å². The molecule has 0 saturated heterocycles. The minimum Gasteiger partial charge on any atom is -0.299 e. The average molecular weight is 176 g/mol. The van der Waals surface area contributed by atoms with E-state index in [9.17, 15) is 4.79 Å². The molecule has 1 heteroatoms. The first-order chi connectivity index (χ1) is 6.25. The number of hydrogen-bond donors (Lipinski definition) is 0. The van der Waals surface area contributed by atoms with Crippen molar-refractivity contribution in [3.8, 4) is 0 Å². The SMILES string of the molecule is CCC(=O)C(C)C1C=CC=CC=C1. The van der Waals surface area contributed by atoms with Crippen LogP contribution in [0.2, 0.25) is 0 Å². The first-order valence-corrected chi connectivity index (χ1v) is 4.80. The molecule has 0 aliphatic heterocycles. The summed E-state index contributed by atoms with van der Waals surface area (Å²) in [7, 11) is 0. The van der Waals surface area contributed by atoms with Gasteiger partial charge >= 0.3 is 0 Å². The molecule has 0 aromatic carbocycles. The first kappa shape index (κ1) is 9.97. The Labute approximate surface area is 79.8 Å². The zero-order valence-electron chi connectivity index (χ0n) is 8.23. The maximum absolute atomic E-state index is 11.4. The highest BCUT2D eigenvalue weighted by Gasteiger charge is 2.17. The lowest BCUT2D eigenvalue weighted by atomic mass is 9.89. The molecule has 70 valence electrons. The highest BCUT2D eigenvalue weighted by atomic mass is 16.1. The fourth-order valence-corrected chi connectivity index (χ4v) is 1.45. The van der Waals surface area contributed by atoms with Crippen molar-refractivity contribution in [2.45, 2.75) is 20.3 Å². The second kappa shape index (κ2) is 4.80. The molecule has 0 spiro atoms. The summed E-state index contributed by atoms with van der Waals surface area (Å²) < 4.78 is 0. The van der Waals surface area contributed by atoms with Gasteiger partial charge in [-0.2, -0.15) is 0 Å². The van der Waals surface area contributed by atoms with Gasteiger partial charge in [-0.05, 0) is 0 Å². The van der Waals surface area contributed by atoms with E-state index in [2.05, 4.69) is 12.2 Å². The van der Waals surface area contributed by atoms with Crippen LogP contribution in [-0.2, 0) is 4.79 Å². The molecular weight excluding hydrogens is 160 g/mol. The molecule has 13 heavy (non-hydrogen) atoms. The fourth-order valence-electron chi connectivity index (χ4n) is 1.45. The van der Waals surface area contributed by atoms with Crippen LogP contribution in [0.15, 0.2) is 36.5 Å². The lowest BCUT2D eigenvalue weighted by Gasteiger charge is -2.14. The van der Waals surface area contributed by atoms with E-state index in [1.165, 1.54) is 0 Å². The van der Waals surface area contributed by atoms with E-state index in [0.717, 1.165) is 0 Å². The molecule has 1 unspecified atom stereocenters. The van der Waals surface area contributed by atoms with Crippen LogP contribution in [0.5, 0.6) is 0 Å². The molecule has 1 aliphatic carbocycles. The van der Waals surface area contributed by atoms with Crippen molar-refractivity contribution in [2.75, 3.05) is 0 Å². The van der Waals surface area contributed by atoms with Gasteiger partial charge in [-0.15, -0.1) is 0 Å². The van der Waals surface area contributed by atoms with E-state index >= 15 is 0 Å². The number of hydrogen-bond acceptors (Lipinski definition) is 1. The standard InChI is InChI=1S/C12H16O/c1-3-12(13)10(2)11-8-6-4-5-7-9-11/h4-11H,3H2,1-2H3. The first-order valence-electron chi connectivity index (χ1n) is 4.80. The van der Waals surface area contributed by atoms with E-state index < -0.39 is 0 Å². The Kier molecular flexibility index (Phi) is 3.69. The summed E-state index contributed by atoms with van der Waals surface area (Å²) in [4.78, 5) is 11.4. The Bertz CT molecular complexity index is 242. The van der Waals surface area contributed by atoms with Crippen molar-refractivity contribution >= 4 is 5.78 Å². The Morgan fingerprint density at radius 1 is 1.23 bits per heavy atom. The van der Waals surface area contributed by atoms with E-state index in [0.29, 0.717) is 12.2 Å². The van der Waals surface area contributed by atoms with E-state index in [1.54, 1.807) is 0 Å². The van der Waals surface area contributed by atoms with Crippen molar-refractivity contribution < 1.29 is 4.79 Å². The molecule has 1 atom stereocenters. The van der Waals surface area contributed by atoms with Gasteiger partial charge in [0.1, 0.15) is 5.78 Å². The van der Waals surface area contributed by atoms with Gasteiger partial charge in [-0.25, -0.2) is 0 Å². The monoisotopic (exact) mass is 176 g/mol. The fraction of sp³-hybridized carbons (Fsp3) is 0.417. The summed E-state index contributed by atoms with van der Waals surface area (Å²) in [6.45, 7) is 3.91. The largest absolute Gasteiger partial charge is 0.299 e. The Hall–Kier alpha value is -1.11. The van der Waals surface area contributed by atoms with Crippen LogP contribution in [0.3, 0.4) is 0 Å². The predicted octanol–water partition coefficient (Wildman–Crippen LogP) is 2.90. The lowest BCUT2D eigenvalue weighted by Crippen LogP contribution is -2.17. The van der Waals surface area contributed by atoms with Crippen LogP contribution >= 0.6 is 0 Å². The molecule has 1 aliphatic rings. The zero-order valence-corrected chi connectivity index (χ0v) is 8.23. The third-order valence-corrected chi connectivity index (χ3v) is 2.43. The lowest BCUT2D eigenvalue weighted by molar-refractivity contribution is -0.122. The molecule has 0 heterocycles. The molecule has 0 bridgehead atoms. The van der Waals surface area contributed by atoms with Gasteiger partial charge in [0.05, 0.1) is 0 Å².